The zero-order chi connectivity index (χ0) is 13.8. The maximum absolute atomic E-state index is 13.2. The molecule has 0 fully saturated rings. The lowest BCUT2D eigenvalue weighted by molar-refractivity contribution is -0.128. The van der Waals surface area contributed by atoms with Gasteiger partial charge >= 0.3 is 0 Å². The minimum atomic E-state index is -0.617. The Morgan fingerprint density at radius 3 is 2.67 bits per heavy atom. The third kappa shape index (κ3) is 3.45. The zero-order valence-corrected chi connectivity index (χ0v) is 10.7. The van der Waals surface area contributed by atoms with Gasteiger partial charge in [0.05, 0.1) is 17.0 Å². The Kier molecular flexibility index (Phi) is 4.27. The third-order valence-corrected chi connectivity index (χ3v) is 2.60. The lowest BCUT2D eigenvalue weighted by Gasteiger charge is -2.23. The summed E-state index contributed by atoms with van der Waals surface area (Å²) in [5, 5.41) is 14.3. The molecule has 0 atom stereocenters. The summed E-state index contributed by atoms with van der Waals surface area (Å²) in [5.74, 6) is -0.582. The number of rotatable bonds is 4. The molecule has 1 aromatic carbocycles. The number of nitriles is 1. The van der Waals surface area contributed by atoms with Crippen molar-refractivity contribution < 1.29 is 9.18 Å². The molecule has 0 aromatic heterocycles. The van der Waals surface area contributed by atoms with Crippen molar-refractivity contribution in [1.82, 2.24) is 5.32 Å². The lowest BCUT2D eigenvalue weighted by atomic mass is 9.92. The fourth-order valence-corrected chi connectivity index (χ4v) is 1.50. The van der Waals surface area contributed by atoms with Crippen LogP contribution in [0.25, 0.3) is 0 Å². The topological polar surface area (TPSA) is 64.9 Å². The molecular weight excluding hydrogens is 233 g/mol. The minimum absolute atomic E-state index is 0.105. The molecule has 2 N–H and O–H groups in total. The minimum Gasteiger partial charge on any atom is -0.384 e. The number of halogens is 1. The van der Waals surface area contributed by atoms with Crippen molar-refractivity contribution in [2.24, 2.45) is 5.41 Å². The van der Waals surface area contributed by atoms with Crippen LogP contribution in [-0.2, 0) is 4.79 Å². The van der Waals surface area contributed by atoms with Crippen LogP contribution in [0.4, 0.5) is 10.1 Å². The van der Waals surface area contributed by atoms with E-state index < -0.39 is 11.2 Å². The highest BCUT2D eigenvalue weighted by molar-refractivity contribution is 5.82. The second-order valence-electron chi connectivity index (χ2n) is 4.66. The Morgan fingerprint density at radius 2 is 2.11 bits per heavy atom. The number of carbonyl (C=O) groups excluding carboxylic acids is 1. The highest BCUT2D eigenvalue weighted by Crippen LogP contribution is 2.19. The summed E-state index contributed by atoms with van der Waals surface area (Å²) < 4.78 is 13.2. The van der Waals surface area contributed by atoms with Crippen molar-refractivity contribution in [1.29, 1.82) is 5.26 Å². The first-order valence-electron chi connectivity index (χ1n) is 5.56. The Bertz CT molecular complexity index is 491. The number of nitrogens with zero attached hydrogens (tertiary/aromatic N) is 1. The molecule has 1 aromatic rings. The summed E-state index contributed by atoms with van der Waals surface area (Å²) in [4.78, 5) is 11.6. The fourth-order valence-electron chi connectivity index (χ4n) is 1.50. The zero-order valence-electron chi connectivity index (χ0n) is 10.7. The summed E-state index contributed by atoms with van der Waals surface area (Å²) in [5.41, 5.74) is 0.118. The Hall–Kier alpha value is -2.09. The van der Waals surface area contributed by atoms with Crippen molar-refractivity contribution in [2.45, 2.75) is 13.8 Å². The lowest BCUT2D eigenvalue weighted by Crippen LogP contribution is -2.39. The standard InChI is InChI=1S/C13H16FN3O/c1-13(2,12(18)16-3)8-17-11-5-9(7-15)4-10(14)6-11/h4-6,17H,8H2,1-3H3,(H,16,18). The number of nitrogens with one attached hydrogen (secondary N) is 2. The molecule has 0 radical (unpaired) electrons. The van der Waals surface area contributed by atoms with Gasteiger partial charge in [0.15, 0.2) is 0 Å². The Morgan fingerprint density at radius 1 is 1.44 bits per heavy atom. The van der Waals surface area contributed by atoms with E-state index in [0.29, 0.717) is 12.2 Å². The number of anilines is 1. The molecule has 1 rings (SSSR count). The number of benzene rings is 1. The largest absolute Gasteiger partial charge is 0.384 e. The van der Waals surface area contributed by atoms with E-state index in [-0.39, 0.29) is 11.5 Å². The number of hydrogen-bond donors (Lipinski definition) is 2. The van der Waals surface area contributed by atoms with E-state index in [1.165, 1.54) is 6.07 Å². The molecule has 0 bridgehead atoms. The first-order chi connectivity index (χ1) is 8.39. The predicted molar refractivity (Wildman–Crippen MR) is 67.5 cm³/mol. The first kappa shape index (κ1) is 14.0. The molecule has 18 heavy (non-hydrogen) atoms. The average Bonchev–Trinajstić information content (AvgIpc) is 2.34. The van der Waals surface area contributed by atoms with E-state index in [4.69, 9.17) is 5.26 Å². The molecule has 0 saturated heterocycles. The Balaban J connectivity index is 2.78. The normalized spacial score (nSPS) is 10.6. The van der Waals surface area contributed by atoms with Crippen LogP contribution in [0.1, 0.15) is 19.4 Å². The van der Waals surface area contributed by atoms with Crippen molar-refractivity contribution in [2.75, 3.05) is 18.9 Å². The molecule has 4 nitrogen and oxygen atoms in total. The highest BCUT2D eigenvalue weighted by atomic mass is 19.1. The smallest absolute Gasteiger partial charge is 0.227 e. The maximum Gasteiger partial charge on any atom is 0.227 e. The van der Waals surface area contributed by atoms with Gasteiger partial charge in [0.25, 0.3) is 0 Å². The van der Waals surface area contributed by atoms with Gasteiger partial charge in [-0.1, -0.05) is 0 Å². The SMILES string of the molecule is CNC(=O)C(C)(C)CNc1cc(F)cc(C#N)c1. The molecule has 5 heteroatoms. The molecule has 1 amide bonds. The van der Waals surface area contributed by atoms with Crippen LogP contribution in [0.2, 0.25) is 0 Å². The van der Waals surface area contributed by atoms with Gasteiger partial charge in [-0.2, -0.15) is 5.26 Å². The molecule has 0 aliphatic heterocycles. The van der Waals surface area contributed by atoms with Gasteiger partial charge < -0.3 is 10.6 Å². The molecule has 0 spiro atoms. The van der Waals surface area contributed by atoms with Crippen molar-refractivity contribution in [3.8, 4) is 6.07 Å². The predicted octanol–water partition coefficient (Wildman–Crippen LogP) is 1.88. The summed E-state index contributed by atoms with van der Waals surface area (Å²) in [6.07, 6.45) is 0. The highest BCUT2D eigenvalue weighted by Gasteiger charge is 2.26. The first-order valence-corrected chi connectivity index (χ1v) is 5.56. The van der Waals surface area contributed by atoms with Gasteiger partial charge in [0.2, 0.25) is 5.91 Å². The van der Waals surface area contributed by atoms with E-state index in [1.54, 1.807) is 27.0 Å². The average molecular weight is 249 g/mol. The molecule has 0 aliphatic rings. The van der Waals surface area contributed by atoms with Crippen LogP contribution in [0, 0.1) is 22.6 Å². The van der Waals surface area contributed by atoms with Crippen LogP contribution in [0.5, 0.6) is 0 Å². The van der Waals surface area contributed by atoms with Crippen molar-refractivity contribution in [3.05, 3.63) is 29.6 Å². The van der Waals surface area contributed by atoms with E-state index in [1.807, 2.05) is 6.07 Å². The molecule has 0 saturated carbocycles. The van der Waals surface area contributed by atoms with E-state index in [2.05, 4.69) is 10.6 Å². The Labute approximate surface area is 106 Å². The van der Waals surface area contributed by atoms with E-state index in [0.717, 1.165) is 6.07 Å². The molecular formula is C13H16FN3O. The molecule has 0 aliphatic carbocycles. The van der Waals surface area contributed by atoms with Crippen LogP contribution in [-0.4, -0.2) is 19.5 Å². The van der Waals surface area contributed by atoms with Gasteiger partial charge in [0, 0.05) is 19.3 Å². The maximum atomic E-state index is 13.2. The van der Waals surface area contributed by atoms with Crippen LogP contribution < -0.4 is 10.6 Å². The van der Waals surface area contributed by atoms with Crippen molar-refractivity contribution in [3.63, 3.8) is 0 Å². The van der Waals surface area contributed by atoms with E-state index >= 15 is 0 Å². The van der Waals surface area contributed by atoms with Gasteiger partial charge in [-0.15, -0.1) is 0 Å². The van der Waals surface area contributed by atoms with Crippen molar-refractivity contribution >= 4 is 11.6 Å². The second-order valence-corrected chi connectivity index (χ2v) is 4.66. The molecule has 0 heterocycles. The number of hydrogen-bond acceptors (Lipinski definition) is 3. The van der Waals surface area contributed by atoms with Gasteiger partial charge in [-0.05, 0) is 32.0 Å². The van der Waals surface area contributed by atoms with Gasteiger partial charge in [-0.3, -0.25) is 4.79 Å². The quantitative estimate of drug-likeness (QED) is 0.856. The van der Waals surface area contributed by atoms with E-state index in [9.17, 15) is 9.18 Å². The van der Waals surface area contributed by atoms with Gasteiger partial charge in [-0.25, -0.2) is 4.39 Å². The van der Waals surface area contributed by atoms with Crippen LogP contribution in [0.15, 0.2) is 18.2 Å². The monoisotopic (exact) mass is 249 g/mol. The summed E-state index contributed by atoms with van der Waals surface area (Å²) in [6, 6.07) is 5.88. The molecule has 96 valence electrons. The van der Waals surface area contributed by atoms with Crippen LogP contribution in [0.3, 0.4) is 0 Å². The summed E-state index contributed by atoms with van der Waals surface area (Å²) >= 11 is 0. The number of carbonyl (C=O) groups is 1. The fraction of sp³-hybridized carbons (Fsp3) is 0.385. The molecule has 0 unspecified atom stereocenters. The summed E-state index contributed by atoms with van der Waals surface area (Å²) in [6.45, 7) is 3.91. The van der Waals surface area contributed by atoms with Crippen LogP contribution >= 0.6 is 0 Å². The summed E-state index contributed by atoms with van der Waals surface area (Å²) in [7, 11) is 1.57. The van der Waals surface area contributed by atoms with Gasteiger partial charge in [0.1, 0.15) is 5.82 Å². The second kappa shape index (κ2) is 5.50. The third-order valence-electron chi connectivity index (χ3n) is 2.60. The number of amides is 1.